The lowest BCUT2D eigenvalue weighted by molar-refractivity contribution is -0.138. The van der Waals surface area contributed by atoms with Crippen LogP contribution in [-0.4, -0.2) is 23.0 Å². The highest BCUT2D eigenvalue weighted by atomic mass is 16.4. The zero-order valence-corrected chi connectivity index (χ0v) is 8.93. The Hall–Kier alpha value is -1.88. The van der Waals surface area contributed by atoms with Crippen molar-refractivity contribution in [3.8, 4) is 0 Å². The van der Waals surface area contributed by atoms with Gasteiger partial charge in [-0.3, -0.25) is 9.59 Å². The van der Waals surface area contributed by atoms with Gasteiger partial charge < -0.3 is 16.2 Å². The topological polar surface area (TPSA) is 92.4 Å². The molecule has 86 valence electrons. The van der Waals surface area contributed by atoms with Crippen molar-refractivity contribution in [1.29, 1.82) is 0 Å². The minimum absolute atomic E-state index is 0.343. The predicted molar refractivity (Wildman–Crippen MR) is 58.9 cm³/mol. The Bertz CT molecular complexity index is 404. The van der Waals surface area contributed by atoms with E-state index >= 15 is 0 Å². The summed E-state index contributed by atoms with van der Waals surface area (Å²) in [5, 5.41) is 11.0. The summed E-state index contributed by atoms with van der Waals surface area (Å²) in [4.78, 5) is 22.2. The molecule has 1 rings (SSSR count). The minimum atomic E-state index is -1.07. The van der Waals surface area contributed by atoms with Crippen LogP contribution in [0.2, 0.25) is 0 Å². The standard InChI is InChI=1S/C11H14N2O3/c1-7(11(15)16)13-10(14)9-4-2-3-8(5-9)6-12/h2-5,7H,6,12H2,1H3,(H,13,14)(H,15,16). The fraction of sp³-hybridized carbons (Fsp3) is 0.273. The summed E-state index contributed by atoms with van der Waals surface area (Å²) in [5.41, 5.74) is 6.68. The van der Waals surface area contributed by atoms with Gasteiger partial charge >= 0.3 is 5.97 Å². The first-order chi connectivity index (χ1) is 7.54. The number of aliphatic carboxylic acids is 1. The lowest BCUT2D eigenvalue weighted by atomic mass is 10.1. The second kappa shape index (κ2) is 5.27. The molecule has 4 N–H and O–H groups in total. The number of rotatable bonds is 4. The number of benzene rings is 1. The van der Waals surface area contributed by atoms with Crippen LogP contribution >= 0.6 is 0 Å². The largest absolute Gasteiger partial charge is 0.480 e. The smallest absolute Gasteiger partial charge is 0.325 e. The molecule has 0 saturated heterocycles. The molecule has 5 nitrogen and oxygen atoms in total. The van der Waals surface area contributed by atoms with Crippen LogP contribution in [0.4, 0.5) is 0 Å². The van der Waals surface area contributed by atoms with E-state index in [0.717, 1.165) is 5.56 Å². The Kier molecular flexibility index (Phi) is 4.02. The molecular weight excluding hydrogens is 208 g/mol. The average molecular weight is 222 g/mol. The van der Waals surface area contributed by atoms with Gasteiger partial charge in [0, 0.05) is 12.1 Å². The van der Waals surface area contributed by atoms with E-state index in [4.69, 9.17) is 10.8 Å². The molecule has 0 bridgehead atoms. The van der Waals surface area contributed by atoms with Crippen LogP contribution in [0.1, 0.15) is 22.8 Å². The average Bonchev–Trinajstić information content (AvgIpc) is 2.28. The van der Waals surface area contributed by atoms with E-state index in [1.54, 1.807) is 24.3 Å². The summed E-state index contributed by atoms with van der Waals surface area (Å²) < 4.78 is 0. The van der Waals surface area contributed by atoms with E-state index in [1.165, 1.54) is 6.92 Å². The minimum Gasteiger partial charge on any atom is -0.480 e. The van der Waals surface area contributed by atoms with Crippen molar-refractivity contribution in [2.75, 3.05) is 0 Å². The van der Waals surface area contributed by atoms with Crippen LogP contribution in [0.5, 0.6) is 0 Å². The summed E-state index contributed by atoms with van der Waals surface area (Å²) in [7, 11) is 0. The van der Waals surface area contributed by atoms with E-state index in [9.17, 15) is 9.59 Å². The Morgan fingerprint density at radius 2 is 2.19 bits per heavy atom. The van der Waals surface area contributed by atoms with Crippen molar-refractivity contribution < 1.29 is 14.7 Å². The van der Waals surface area contributed by atoms with Crippen molar-refractivity contribution in [3.63, 3.8) is 0 Å². The summed E-state index contributed by atoms with van der Waals surface area (Å²) in [6.07, 6.45) is 0. The molecule has 0 radical (unpaired) electrons. The number of carboxylic acid groups (broad SMARTS) is 1. The van der Waals surface area contributed by atoms with Gasteiger partial charge in [0.15, 0.2) is 0 Å². The first-order valence-corrected chi connectivity index (χ1v) is 4.87. The maximum absolute atomic E-state index is 11.6. The van der Waals surface area contributed by atoms with E-state index in [1.807, 2.05) is 0 Å². The number of hydrogen-bond acceptors (Lipinski definition) is 3. The third kappa shape index (κ3) is 3.06. The fourth-order valence-electron chi connectivity index (χ4n) is 1.18. The molecule has 1 atom stereocenters. The Morgan fingerprint density at radius 3 is 2.75 bits per heavy atom. The van der Waals surface area contributed by atoms with E-state index in [-0.39, 0.29) is 0 Å². The zero-order valence-electron chi connectivity index (χ0n) is 8.93. The molecule has 1 unspecified atom stereocenters. The second-order valence-electron chi connectivity index (χ2n) is 3.44. The number of nitrogens with two attached hydrogens (primary N) is 1. The van der Waals surface area contributed by atoms with Gasteiger partial charge in [-0.25, -0.2) is 0 Å². The third-order valence-electron chi connectivity index (χ3n) is 2.14. The first kappa shape index (κ1) is 12.2. The van der Waals surface area contributed by atoms with Crippen LogP contribution in [-0.2, 0) is 11.3 Å². The van der Waals surface area contributed by atoms with Crippen LogP contribution < -0.4 is 11.1 Å². The molecule has 1 aromatic carbocycles. The molecule has 0 saturated carbocycles. The zero-order chi connectivity index (χ0) is 12.1. The van der Waals surface area contributed by atoms with Gasteiger partial charge in [-0.15, -0.1) is 0 Å². The van der Waals surface area contributed by atoms with Crippen LogP contribution in [0.15, 0.2) is 24.3 Å². The van der Waals surface area contributed by atoms with Crippen molar-refractivity contribution in [1.82, 2.24) is 5.32 Å². The number of hydrogen-bond donors (Lipinski definition) is 3. The van der Waals surface area contributed by atoms with Gasteiger partial charge in [-0.2, -0.15) is 0 Å². The van der Waals surface area contributed by atoms with Crippen LogP contribution in [0.25, 0.3) is 0 Å². The molecule has 0 spiro atoms. The van der Waals surface area contributed by atoms with Crippen molar-refractivity contribution in [3.05, 3.63) is 35.4 Å². The normalized spacial score (nSPS) is 11.9. The quantitative estimate of drug-likeness (QED) is 0.685. The molecule has 1 aromatic rings. The van der Waals surface area contributed by atoms with Gasteiger partial charge in [0.2, 0.25) is 0 Å². The van der Waals surface area contributed by atoms with E-state index in [0.29, 0.717) is 12.1 Å². The maximum atomic E-state index is 11.6. The monoisotopic (exact) mass is 222 g/mol. The lowest BCUT2D eigenvalue weighted by Crippen LogP contribution is -2.38. The highest BCUT2D eigenvalue weighted by Crippen LogP contribution is 2.04. The molecular formula is C11H14N2O3. The van der Waals surface area contributed by atoms with Crippen LogP contribution in [0.3, 0.4) is 0 Å². The van der Waals surface area contributed by atoms with Gasteiger partial charge in [0.25, 0.3) is 5.91 Å². The van der Waals surface area contributed by atoms with Crippen molar-refractivity contribution in [2.45, 2.75) is 19.5 Å². The SMILES string of the molecule is CC(NC(=O)c1cccc(CN)c1)C(=O)O. The molecule has 0 heterocycles. The fourth-order valence-corrected chi connectivity index (χ4v) is 1.18. The Balaban J connectivity index is 2.76. The predicted octanol–water partition coefficient (Wildman–Crippen LogP) is 0.348. The lowest BCUT2D eigenvalue weighted by Gasteiger charge is -2.09. The van der Waals surface area contributed by atoms with Gasteiger partial charge in [-0.1, -0.05) is 12.1 Å². The summed E-state index contributed by atoms with van der Waals surface area (Å²) in [6.45, 7) is 1.75. The third-order valence-corrected chi connectivity index (χ3v) is 2.14. The number of carbonyl (C=O) groups is 2. The molecule has 1 amide bonds. The highest BCUT2D eigenvalue weighted by Gasteiger charge is 2.15. The molecule has 0 aliphatic carbocycles. The van der Waals surface area contributed by atoms with Crippen molar-refractivity contribution in [2.24, 2.45) is 5.73 Å². The Labute approximate surface area is 93.3 Å². The highest BCUT2D eigenvalue weighted by molar-refractivity contribution is 5.96. The summed E-state index contributed by atoms with van der Waals surface area (Å²) >= 11 is 0. The first-order valence-electron chi connectivity index (χ1n) is 4.87. The Morgan fingerprint density at radius 1 is 1.50 bits per heavy atom. The van der Waals surface area contributed by atoms with Crippen molar-refractivity contribution >= 4 is 11.9 Å². The second-order valence-corrected chi connectivity index (χ2v) is 3.44. The van der Waals surface area contributed by atoms with Gasteiger partial charge in [0.05, 0.1) is 0 Å². The molecule has 16 heavy (non-hydrogen) atoms. The molecule has 0 fully saturated rings. The number of nitrogens with one attached hydrogen (secondary N) is 1. The van der Waals surface area contributed by atoms with E-state index < -0.39 is 17.9 Å². The summed E-state index contributed by atoms with van der Waals surface area (Å²) in [5.74, 6) is -1.48. The number of amides is 1. The van der Waals surface area contributed by atoms with E-state index in [2.05, 4.69) is 5.32 Å². The summed E-state index contributed by atoms with van der Waals surface area (Å²) in [6, 6.07) is 5.86. The molecule has 0 aromatic heterocycles. The molecule has 0 aliphatic heterocycles. The van der Waals surface area contributed by atoms with Gasteiger partial charge in [0.1, 0.15) is 6.04 Å². The number of carbonyl (C=O) groups excluding carboxylic acids is 1. The van der Waals surface area contributed by atoms with Gasteiger partial charge in [-0.05, 0) is 24.6 Å². The molecule has 0 aliphatic rings. The van der Waals surface area contributed by atoms with Crippen LogP contribution in [0, 0.1) is 0 Å². The maximum Gasteiger partial charge on any atom is 0.325 e. The molecule has 5 heteroatoms. The number of carboxylic acids is 1.